The molecule has 0 aromatic carbocycles. The first-order valence-electron chi connectivity index (χ1n) is 14.6. The van der Waals surface area contributed by atoms with Gasteiger partial charge in [0, 0.05) is 115 Å². The Hall–Kier alpha value is -2.68. The molecule has 0 spiro atoms. The van der Waals surface area contributed by atoms with Crippen molar-refractivity contribution in [3.05, 3.63) is 53.8 Å². The minimum Gasteiger partial charge on any atom is -0.366 e. The van der Waals surface area contributed by atoms with Crippen molar-refractivity contribution in [1.82, 2.24) is 54.1 Å². The molecule has 4 saturated heterocycles. The minimum atomic E-state index is 0.706. The van der Waals surface area contributed by atoms with E-state index in [0.717, 1.165) is 34.9 Å². The van der Waals surface area contributed by atoms with E-state index in [4.69, 9.17) is 0 Å². The third-order valence-corrected chi connectivity index (χ3v) is 8.95. The molecule has 8 rings (SSSR count). The maximum atomic E-state index is 4.43. The van der Waals surface area contributed by atoms with Gasteiger partial charge in [0.15, 0.2) is 11.3 Å². The number of likely N-dealkylation sites (N-methyl/N-ethyl adjacent to an activating group) is 2. The van der Waals surface area contributed by atoms with Crippen molar-refractivity contribution < 1.29 is 0 Å². The first-order chi connectivity index (χ1) is 20.0. The molecule has 12 nitrogen and oxygen atoms in total. The van der Waals surface area contributed by atoms with Gasteiger partial charge in [0.25, 0.3) is 0 Å². The molecule has 0 unspecified atom stereocenters. The van der Waals surface area contributed by atoms with Crippen LogP contribution in [0.4, 0.5) is 5.69 Å². The van der Waals surface area contributed by atoms with E-state index in [0.29, 0.717) is 6.04 Å². The molecule has 4 aliphatic heterocycles. The molecule has 4 fully saturated rings. The zero-order valence-electron chi connectivity index (χ0n) is 24.1. The lowest BCUT2D eigenvalue weighted by molar-refractivity contribution is 0.0844. The van der Waals surface area contributed by atoms with Crippen molar-refractivity contribution in [1.29, 1.82) is 0 Å². The summed E-state index contributed by atoms with van der Waals surface area (Å²) in [5.41, 5.74) is 2.94. The van der Waals surface area contributed by atoms with Crippen molar-refractivity contribution in [2.75, 3.05) is 97.5 Å². The number of nitrogens with one attached hydrogen (secondary N) is 1. The van der Waals surface area contributed by atoms with E-state index >= 15 is 0 Å². The number of nitrogens with zero attached hydrogens (tertiary/aromatic N) is 11. The van der Waals surface area contributed by atoms with E-state index in [1.165, 1.54) is 71.1 Å². The van der Waals surface area contributed by atoms with Gasteiger partial charge in [0.1, 0.15) is 0 Å². The molecular formula is C28H41BrN12. The summed E-state index contributed by atoms with van der Waals surface area (Å²) in [5, 5.41) is 11.6. The maximum absolute atomic E-state index is 4.43. The monoisotopic (exact) mass is 624 g/mol. The van der Waals surface area contributed by atoms with Crippen molar-refractivity contribution in [2.45, 2.75) is 12.1 Å². The van der Waals surface area contributed by atoms with Gasteiger partial charge < -0.3 is 20.0 Å². The number of rotatable bonds is 3. The maximum Gasteiger partial charge on any atom is 0.155 e. The van der Waals surface area contributed by atoms with Gasteiger partial charge in [0.2, 0.25) is 0 Å². The predicted octanol–water partition coefficient (Wildman–Crippen LogP) is 0.863. The number of fused-ring (bicyclic) bond motifs is 2. The molecule has 8 heterocycles. The highest BCUT2D eigenvalue weighted by Crippen LogP contribution is 2.23. The first kappa shape index (κ1) is 28.4. The normalized spacial score (nSPS) is 21.6. The van der Waals surface area contributed by atoms with Gasteiger partial charge in [-0.2, -0.15) is 10.2 Å². The van der Waals surface area contributed by atoms with Crippen LogP contribution >= 0.6 is 15.9 Å². The third kappa shape index (κ3) is 7.04. The Kier molecular flexibility index (Phi) is 9.08. The van der Waals surface area contributed by atoms with Gasteiger partial charge in [-0.3, -0.25) is 9.80 Å². The van der Waals surface area contributed by atoms with Gasteiger partial charge in [-0.1, -0.05) is 0 Å². The first-order valence-corrected chi connectivity index (χ1v) is 15.4. The average molecular weight is 626 g/mol. The van der Waals surface area contributed by atoms with Gasteiger partial charge in [-0.15, -0.1) is 0 Å². The van der Waals surface area contributed by atoms with Gasteiger partial charge in [-0.05, 0) is 30.0 Å². The molecule has 0 radical (unpaired) electrons. The zero-order chi connectivity index (χ0) is 28.2. The molecule has 4 aliphatic rings. The number of piperazine rings is 2. The van der Waals surface area contributed by atoms with Crippen LogP contribution in [-0.2, 0) is 0 Å². The Morgan fingerprint density at radius 2 is 1.24 bits per heavy atom. The summed E-state index contributed by atoms with van der Waals surface area (Å²) in [6.45, 7) is 14.5. The van der Waals surface area contributed by atoms with Crippen molar-refractivity contribution in [3.8, 4) is 0 Å². The van der Waals surface area contributed by atoms with Crippen LogP contribution in [0.5, 0.6) is 0 Å². The summed E-state index contributed by atoms with van der Waals surface area (Å²) in [7, 11) is 4.41. The molecule has 0 saturated carbocycles. The van der Waals surface area contributed by atoms with Crippen LogP contribution in [0, 0.1) is 0 Å². The molecular weight excluding hydrogens is 584 g/mol. The summed E-state index contributed by atoms with van der Waals surface area (Å²) in [6, 6.07) is 5.33. The standard InChI is InChI=1S/C14H20N6.C8H17N3.C6H4BrN3/c1-17-4-6-18(7-5-17)13-9-19(10-13)12-8-15-14-2-3-16-20(14)11-12;1-10-2-4-11(5-3-10)8-6-9-7-8;7-5-3-8-6-1-2-9-10(6)4-5/h2-3,8,11,13H,4-7,9-10H2,1H3;8-9H,2-7H2,1H3;1-4H. The number of aromatic nitrogens is 6. The molecule has 1 N–H and O–H groups in total. The zero-order valence-corrected chi connectivity index (χ0v) is 25.6. The van der Waals surface area contributed by atoms with Crippen LogP contribution in [0.15, 0.2) is 53.8 Å². The van der Waals surface area contributed by atoms with E-state index in [1.54, 1.807) is 23.1 Å². The molecule has 4 aromatic rings. The third-order valence-electron chi connectivity index (χ3n) is 8.54. The van der Waals surface area contributed by atoms with Crippen molar-refractivity contribution in [2.24, 2.45) is 0 Å². The predicted molar refractivity (Wildman–Crippen MR) is 164 cm³/mol. The lowest BCUT2D eigenvalue weighted by atomic mass is 10.1. The Bertz CT molecular complexity index is 1380. The second kappa shape index (κ2) is 13.1. The number of halogens is 1. The quantitative estimate of drug-likeness (QED) is 0.354. The summed E-state index contributed by atoms with van der Waals surface area (Å²) < 4.78 is 4.49. The highest BCUT2D eigenvalue weighted by atomic mass is 79.9. The fourth-order valence-electron chi connectivity index (χ4n) is 5.55. The fourth-order valence-corrected chi connectivity index (χ4v) is 5.85. The minimum absolute atomic E-state index is 0.706. The van der Waals surface area contributed by atoms with Gasteiger partial charge >= 0.3 is 0 Å². The SMILES string of the molecule is Brc1cnc2ccnn2c1.CN1CCN(C2CN(c3cnc4ccnn4c3)C2)CC1.CN1CCN(C2CNC2)CC1. The van der Waals surface area contributed by atoms with Crippen molar-refractivity contribution >= 4 is 32.9 Å². The molecule has 0 atom stereocenters. The van der Waals surface area contributed by atoms with E-state index in [-0.39, 0.29) is 0 Å². The number of hydrogen-bond acceptors (Lipinski definition) is 10. The summed E-state index contributed by atoms with van der Waals surface area (Å²) in [4.78, 5) is 21.0. The fraction of sp³-hybridized carbons (Fsp3) is 0.571. The van der Waals surface area contributed by atoms with Gasteiger partial charge in [-0.25, -0.2) is 19.0 Å². The van der Waals surface area contributed by atoms with Crippen LogP contribution in [0.25, 0.3) is 11.3 Å². The Balaban J connectivity index is 0.000000122. The summed E-state index contributed by atoms with van der Waals surface area (Å²) in [6.07, 6.45) is 11.1. The topological polar surface area (TPSA) is 88.6 Å². The van der Waals surface area contributed by atoms with E-state index in [9.17, 15) is 0 Å². The lowest BCUT2D eigenvalue weighted by Gasteiger charge is -2.48. The summed E-state index contributed by atoms with van der Waals surface area (Å²) in [5.74, 6) is 0. The van der Waals surface area contributed by atoms with Crippen LogP contribution in [0.2, 0.25) is 0 Å². The van der Waals surface area contributed by atoms with Crippen LogP contribution in [0.1, 0.15) is 0 Å². The number of hydrogen-bond donors (Lipinski definition) is 1. The van der Waals surface area contributed by atoms with E-state index in [2.05, 4.69) is 86.2 Å². The molecule has 0 bridgehead atoms. The highest BCUT2D eigenvalue weighted by molar-refractivity contribution is 9.10. The Morgan fingerprint density at radius 3 is 1.80 bits per heavy atom. The second-order valence-corrected chi connectivity index (χ2v) is 12.3. The average Bonchev–Trinajstić information content (AvgIpc) is 3.59. The van der Waals surface area contributed by atoms with Crippen LogP contribution < -0.4 is 10.2 Å². The molecule has 220 valence electrons. The van der Waals surface area contributed by atoms with E-state index in [1.807, 2.05) is 29.0 Å². The van der Waals surface area contributed by atoms with E-state index < -0.39 is 0 Å². The highest BCUT2D eigenvalue weighted by Gasteiger charge is 2.33. The number of anilines is 1. The van der Waals surface area contributed by atoms with Crippen LogP contribution in [-0.4, -0.2) is 154 Å². The molecule has 4 aromatic heterocycles. The molecule has 13 heteroatoms. The van der Waals surface area contributed by atoms with Gasteiger partial charge in [0.05, 0.1) is 34.9 Å². The summed E-state index contributed by atoms with van der Waals surface area (Å²) >= 11 is 3.29. The lowest BCUT2D eigenvalue weighted by Crippen LogP contribution is -2.63. The van der Waals surface area contributed by atoms with Crippen molar-refractivity contribution in [3.63, 3.8) is 0 Å². The molecule has 0 amide bonds. The second-order valence-electron chi connectivity index (χ2n) is 11.4. The molecule has 41 heavy (non-hydrogen) atoms. The molecule has 0 aliphatic carbocycles. The largest absolute Gasteiger partial charge is 0.366 e. The smallest absolute Gasteiger partial charge is 0.155 e. The Morgan fingerprint density at radius 1 is 0.707 bits per heavy atom. The Labute approximate surface area is 250 Å². The van der Waals surface area contributed by atoms with Crippen LogP contribution in [0.3, 0.4) is 0 Å².